The highest BCUT2D eigenvalue weighted by molar-refractivity contribution is 6.30. The summed E-state index contributed by atoms with van der Waals surface area (Å²) in [4.78, 5) is 30.1. The molecule has 0 atom stereocenters. The van der Waals surface area contributed by atoms with E-state index in [-0.39, 0.29) is 11.3 Å². The Morgan fingerprint density at radius 1 is 1.07 bits per heavy atom. The van der Waals surface area contributed by atoms with Gasteiger partial charge in [-0.2, -0.15) is 9.78 Å². The van der Waals surface area contributed by atoms with Crippen molar-refractivity contribution >= 4 is 34.1 Å². The number of anilines is 1. The van der Waals surface area contributed by atoms with Gasteiger partial charge >= 0.3 is 0 Å². The molecule has 7 nitrogen and oxygen atoms in total. The first-order chi connectivity index (χ1) is 14.6. The molecule has 8 heteroatoms. The van der Waals surface area contributed by atoms with Crippen LogP contribution in [0.25, 0.3) is 16.5 Å². The van der Waals surface area contributed by atoms with E-state index >= 15 is 0 Å². The van der Waals surface area contributed by atoms with E-state index < -0.39 is 5.91 Å². The first kappa shape index (κ1) is 19.6. The van der Waals surface area contributed by atoms with Crippen molar-refractivity contribution in [1.82, 2.24) is 14.8 Å². The number of rotatable bonds is 5. The van der Waals surface area contributed by atoms with Crippen LogP contribution in [0.3, 0.4) is 0 Å². The third-order valence-corrected chi connectivity index (χ3v) is 4.60. The molecule has 0 fully saturated rings. The molecule has 30 heavy (non-hydrogen) atoms. The Morgan fingerprint density at radius 3 is 2.47 bits per heavy atom. The predicted octanol–water partition coefficient (Wildman–Crippen LogP) is 4.09. The van der Waals surface area contributed by atoms with E-state index in [1.165, 1.54) is 10.9 Å². The number of amides is 1. The zero-order chi connectivity index (χ0) is 21.1. The number of hydrogen-bond donors (Lipinski definition) is 1. The van der Waals surface area contributed by atoms with Gasteiger partial charge < -0.3 is 10.1 Å². The molecule has 0 bridgehead atoms. The quantitative estimate of drug-likeness (QED) is 0.525. The minimum Gasteiger partial charge on any atom is -0.494 e. The van der Waals surface area contributed by atoms with Gasteiger partial charge in [-0.3, -0.25) is 9.59 Å². The Labute approximate surface area is 176 Å². The van der Waals surface area contributed by atoms with Gasteiger partial charge in [-0.05, 0) is 49.4 Å². The monoisotopic (exact) mass is 420 g/mol. The van der Waals surface area contributed by atoms with Crippen LogP contribution < -0.4 is 15.6 Å². The fraction of sp³-hybridized carbons (Fsp3) is 0.0909. The van der Waals surface area contributed by atoms with E-state index in [9.17, 15) is 9.59 Å². The SMILES string of the molecule is CCOc1ccc(-n2nc(C(=O)Nc3ccc(Cl)cn3)c3ccccc3c2=O)cc1. The maximum Gasteiger partial charge on any atom is 0.279 e. The highest BCUT2D eigenvalue weighted by Gasteiger charge is 2.18. The third-order valence-electron chi connectivity index (χ3n) is 4.38. The average Bonchev–Trinajstić information content (AvgIpc) is 2.77. The summed E-state index contributed by atoms with van der Waals surface area (Å²) >= 11 is 5.85. The molecule has 0 radical (unpaired) electrons. The molecule has 150 valence electrons. The van der Waals surface area contributed by atoms with Crippen molar-refractivity contribution in [3.63, 3.8) is 0 Å². The summed E-state index contributed by atoms with van der Waals surface area (Å²) in [5, 5.41) is 8.35. The molecule has 0 saturated heterocycles. The van der Waals surface area contributed by atoms with Crippen molar-refractivity contribution in [2.24, 2.45) is 0 Å². The highest BCUT2D eigenvalue weighted by Crippen LogP contribution is 2.19. The van der Waals surface area contributed by atoms with Crippen molar-refractivity contribution in [3.8, 4) is 11.4 Å². The summed E-state index contributed by atoms with van der Waals surface area (Å²) in [5.74, 6) is 0.525. The van der Waals surface area contributed by atoms with Crippen molar-refractivity contribution in [1.29, 1.82) is 0 Å². The van der Waals surface area contributed by atoms with Crippen LogP contribution in [0.1, 0.15) is 17.4 Å². The van der Waals surface area contributed by atoms with Crippen molar-refractivity contribution < 1.29 is 9.53 Å². The zero-order valence-corrected chi connectivity index (χ0v) is 16.8. The average molecular weight is 421 g/mol. The molecule has 0 unspecified atom stereocenters. The van der Waals surface area contributed by atoms with E-state index in [1.807, 2.05) is 6.92 Å². The molecule has 4 aromatic rings. The van der Waals surface area contributed by atoms with Crippen LogP contribution in [-0.4, -0.2) is 27.3 Å². The first-order valence-electron chi connectivity index (χ1n) is 9.25. The van der Waals surface area contributed by atoms with Crippen molar-refractivity contribution in [2.45, 2.75) is 6.92 Å². The molecule has 0 aliphatic heterocycles. The van der Waals surface area contributed by atoms with Crippen LogP contribution in [0.5, 0.6) is 5.75 Å². The van der Waals surface area contributed by atoms with Gasteiger partial charge in [0, 0.05) is 11.6 Å². The van der Waals surface area contributed by atoms with Gasteiger partial charge in [0.25, 0.3) is 11.5 Å². The van der Waals surface area contributed by atoms with Gasteiger partial charge in [0.1, 0.15) is 11.6 Å². The van der Waals surface area contributed by atoms with Gasteiger partial charge in [0.15, 0.2) is 5.69 Å². The standard InChI is InChI=1S/C22H17ClN4O3/c1-2-30-16-10-8-15(9-11-16)27-22(29)18-6-4-3-5-17(18)20(26-27)21(28)25-19-12-7-14(23)13-24-19/h3-13H,2H2,1H3,(H,24,25,28). The van der Waals surface area contributed by atoms with Gasteiger partial charge in [-0.25, -0.2) is 4.98 Å². The van der Waals surface area contributed by atoms with Crippen LogP contribution in [0, 0.1) is 0 Å². The van der Waals surface area contributed by atoms with E-state index in [0.29, 0.717) is 39.7 Å². The molecule has 1 N–H and O–H groups in total. The highest BCUT2D eigenvalue weighted by atomic mass is 35.5. The maximum absolute atomic E-state index is 13.0. The Hall–Kier alpha value is -3.71. The lowest BCUT2D eigenvalue weighted by Gasteiger charge is -2.12. The molecule has 2 heterocycles. The number of nitrogens with one attached hydrogen (secondary N) is 1. The van der Waals surface area contributed by atoms with E-state index in [1.54, 1.807) is 60.7 Å². The summed E-state index contributed by atoms with van der Waals surface area (Å²) in [6, 6.07) is 17.0. The number of benzene rings is 2. The minimum absolute atomic E-state index is 0.107. The molecule has 0 aliphatic carbocycles. The van der Waals surface area contributed by atoms with Gasteiger partial charge in [0.2, 0.25) is 0 Å². The van der Waals surface area contributed by atoms with E-state index in [2.05, 4.69) is 15.4 Å². The number of fused-ring (bicyclic) bond motifs is 1. The smallest absolute Gasteiger partial charge is 0.279 e. The fourth-order valence-corrected chi connectivity index (χ4v) is 3.12. The van der Waals surface area contributed by atoms with E-state index in [0.717, 1.165) is 0 Å². The van der Waals surface area contributed by atoms with Gasteiger partial charge in [-0.1, -0.05) is 29.8 Å². The molecule has 0 aliphatic rings. The Bertz CT molecular complexity index is 1270. The molecule has 0 saturated carbocycles. The van der Waals surface area contributed by atoms with Crippen LogP contribution >= 0.6 is 11.6 Å². The number of ether oxygens (including phenoxy) is 1. The van der Waals surface area contributed by atoms with Crippen LogP contribution in [0.4, 0.5) is 5.82 Å². The van der Waals surface area contributed by atoms with Crippen LogP contribution in [0.2, 0.25) is 5.02 Å². The Balaban J connectivity index is 1.81. The normalized spacial score (nSPS) is 10.7. The predicted molar refractivity (Wildman–Crippen MR) is 116 cm³/mol. The largest absolute Gasteiger partial charge is 0.494 e. The number of carbonyl (C=O) groups excluding carboxylic acids is 1. The summed E-state index contributed by atoms with van der Waals surface area (Å²) in [5.41, 5.74) is 0.305. The van der Waals surface area contributed by atoms with Crippen LogP contribution in [0.15, 0.2) is 71.7 Å². The lowest BCUT2D eigenvalue weighted by atomic mass is 10.1. The number of hydrogen-bond acceptors (Lipinski definition) is 5. The fourth-order valence-electron chi connectivity index (χ4n) is 3.01. The van der Waals surface area contributed by atoms with Crippen LogP contribution in [-0.2, 0) is 0 Å². The summed E-state index contributed by atoms with van der Waals surface area (Å²) < 4.78 is 6.66. The summed E-state index contributed by atoms with van der Waals surface area (Å²) in [6.07, 6.45) is 1.43. The molecule has 0 spiro atoms. The Morgan fingerprint density at radius 2 is 1.80 bits per heavy atom. The Kier molecular flexibility index (Phi) is 5.45. The summed E-state index contributed by atoms with van der Waals surface area (Å²) in [6.45, 7) is 2.43. The zero-order valence-electron chi connectivity index (χ0n) is 16.0. The van der Waals surface area contributed by atoms with Crippen molar-refractivity contribution in [2.75, 3.05) is 11.9 Å². The third kappa shape index (κ3) is 3.88. The number of pyridine rings is 1. The second kappa shape index (κ2) is 8.34. The van der Waals surface area contributed by atoms with E-state index in [4.69, 9.17) is 16.3 Å². The number of carbonyl (C=O) groups is 1. The molecular formula is C22H17ClN4O3. The molecule has 2 aromatic heterocycles. The first-order valence-corrected chi connectivity index (χ1v) is 9.63. The molecule has 1 amide bonds. The van der Waals surface area contributed by atoms with Gasteiger partial charge in [0.05, 0.1) is 22.7 Å². The summed E-state index contributed by atoms with van der Waals surface area (Å²) in [7, 11) is 0. The second-order valence-corrected chi connectivity index (χ2v) is 6.79. The number of nitrogens with zero attached hydrogens (tertiary/aromatic N) is 3. The minimum atomic E-state index is -0.485. The number of halogens is 1. The van der Waals surface area contributed by atoms with Crippen molar-refractivity contribution in [3.05, 3.63) is 87.9 Å². The maximum atomic E-state index is 13.0. The molecule has 4 rings (SSSR count). The molecule has 2 aromatic carbocycles. The lowest BCUT2D eigenvalue weighted by molar-refractivity contribution is 0.102. The number of aromatic nitrogens is 3. The lowest BCUT2D eigenvalue weighted by Crippen LogP contribution is -2.26. The second-order valence-electron chi connectivity index (χ2n) is 6.35. The topological polar surface area (TPSA) is 86.1 Å². The molecular weight excluding hydrogens is 404 g/mol. The van der Waals surface area contributed by atoms with Gasteiger partial charge in [-0.15, -0.1) is 0 Å².